The molecule has 0 aromatic heterocycles. The van der Waals surface area contributed by atoms with E-state index in [-0.39, 0.29) is 17.3 Å². The number of hydrogen-bond acceptors (Lipinski definition) is 3. The van der Waals surface area contributed by atoms with Crippen LogP contribution in [0.25, 0.3) is 0 Å². The monoisotopic (exact) mass is 241 g/mol. The van der Waals surface area contributed by atoms with Crippen molar-refractivity contribution < 1.29 is 14.3 Å². The zero-order valence-electron chi connectivity index (χ0n) is 11.1. The SMILES string of the molecule is COC(=O)CCCN(C)C(=O)C1(C)CCCC1. The van der Waals surface area contributed by atoms with Crippen LogP contribution < -0.4 is 0 Å². The summed E-state index contributed by atoms with van der Waals surface area (Å²) in [6.07, 6.45) is 5.34. The lowest BCUT2D eigenvalue weighted by Gasteiger charge is -2.28. The van der Waals surface area contributed by atoms with Gasteiger partial charge in [0.25, 0.3) is 0 Å². The number of nitrogens with zero attached hydrogens (tertiary/aromatic N) is 1. The molecule has 0 spiro atoms. The van der Waals surface area contributed by atoms with Crippen molar-refractivity contribution in [2.75, 3.05) is 20.7 Å². The molecule has 1 rings (SSSR count). The Bertz CT molecular complexity index is 282. The Morgan fingerprint density at radius 2 is 1.88 bits per heavy atom. The minimum atomic E-state index is -0.210. The third kappa shape index (κ3) is 3.72. The molecule has 1 aliphatic rings. The van der Waals surface area contributed by atoms with E-state index < -0.39 is 0 Å². The summed E-state index contributed by atoms with van der Waals surface area (Å²) in [5, 5.41) is 0. The lowest BCUT2D eigenvalue weighted by Crippen LogP contribution is -2.39. The molecule has 0 bridgehead atoms. The van der Waals surface area contributed by atoms with E-state index in [1.54, 1.807) is 4.90 Å². The molecule has 0 saturated heterocycles. The lowest BCUT2D eigenvalue weighted by molar-refractivity contribution is -0.142. The fourth-order valence-corrected chi connectivity index (χ4v) is 2.49. The zero-order chi connectivity index (χ0) is 12.9. The van der Waals surface area contributed by atoms with Crippen LogP contribution in [0.3, 0.4) is 0 Å². The molecule has 0 unspecified atom stereocenters. The predicted octanol–water partition coefficient (Wildman–Crippen LogP) is 1.98. The predicted molar refractivity (Wildman–Crippen MR) is 65.5 cm³/mol. The highest BCUT2D eigenvalue weighted by Gasteiger charge is 2.37. The molecule has 4 nitrogen and oxygen atoms in total. The van der Waals surface area contributed by atoms with E-state index in [1.807, 2.05) is 7.05 Å². The van der Waals surface area contributed by atoms with Gasteiger partial charge in [-0.2, -0.15) is 0 Å². The summed E-state index contributed by atoms with van der Waals surface area (Å²) in [5.74, 6) is 0.0118. The summed E-state index contributed by atoms with van der Waals surface area (Å²) in [6, 6.07) is 0. The van der Waals surface area contributed by atoms with Gasteiger partial charge in [0.05, 0.1) is 7.11 Å². The van der Waals surface area contributed by atoms with Crippen LogP contribution in [-0.4, -0.2) is 37.5 Å². The van der Waals surface area contributed by atoms with Gasteiger partial charge in [0.1, 0.15) is 0 Å². The van der Waals surface area contributed by atoms with Gasteiger partial charge in [0.15, 0.2) is 0 Å². The Balaban J connectivity index is 2.34. The van der Waals surface area contributed by atoms with Crippen molar-refractivity contribution in [1.29, 1.82) is 0 Å². The molecular formula is C13H23NO3. The second kappa shape index (κ2) is 6.03. The first-order valence-electron chi connectivity index (χ1n) is 6.32. The van der Waals surface area contributed by atoms with Gasteiger partial charge in [-0.3, -0.25) is 9.59 Å². The molecule has 17 heavy (non-hydrogen) atoms. The van der Waals surface area contributed by atoms with Crippen LogP contribution in [0.5, 0.6) is 0 Å². The second-order valence-electron chi connectivity index (χ2n) is 5.17. The molecule has 1 saturated carbocycles. The van der Waals surface area contributed by atoms with Crippen LogP contribution in [0.4, 0.5) is 0 Å². The van der Waals surface area contributed by atoms with E-state index in [0.29, 0.717) is 19.4 Å². The minimum absolute atomic E-state index is 0.167. The maximum atomic E-state index is 12.2. The number of carbonyl (C=O) groups excluding carboxylic acids is 2. The molecule has 0 heterocycles. The number of methoxy groups -OCH3 is 1. The lowest BCUT2D eigenvalue weighted by atomic mass is 9.87. The average Bonchev–Trinajstić information content (AvgIpc) is 2.76. The molecule has 0 aromatic carbocycles. The Morgan fingerprint density at radius 1 is 1.29 bits per heavy atom. The number of carbonyl (C=O) groups is 2. The standard InChI is InChI=1S/C13H23NO3/c1-13(8-4-5-9-13)12(16)14(2)10-6-7-11(15)17-3/h4-10H2,1-3H3. The van der Waals surface area contributed by atoms with Gasteiger partial charge in [-0.05, 0) is 19.3 Å². The number of rotatable bonds is 5. The summed E-state index contributed by atoms with van der Waals surface area (Å²) < 4.78 is 4.57. The molecule has 98 valence electrons. The molecule has 0 atom stereocenters. The Morgan fingerprint density at radius 3 is 2.41 bits per heavy atom. The number of ether oxygens (including phenoxy) is 1. The van der Waals surface area contributed by atoms with Crippen LogP contribution in [0.2, 0.25) is 0 Å². The van der Waals surface area contributed by atoms with Crippen LogP contribution in [0, 0.1) is 5.41 Å². The van der Waals surface area contributed by atoms with Gasteiger partial charge in [0, 0.05) is 25.4 Å². The quantitative estimate of drug-likeness (QED) is 0.691. The van der Waals surface area contributed by atoms with Crippen molar-refractivity contribution in [3.05, 3.63) is 0 Å². The van der Waals surface area contributed by atoms with Gasteiger partial charge in [0.2, 0.25) is 5.91 Å². The third-order valence-corrected chi connectivity index (χ3v) is 3.67. The fraction of sp³-hybridized carbons (Fsp3) is 0.846. The van der Waals surface area contributed by atoms with Crippen LogP contribution in [-0.2, 0) is 14.3 Å². The molecule has 1 fully saturated rings. The van der Waals surface area contributed by atoms with E-state index in [2.05, 4.69) is 11.7 Å². The number of esters is 1. The molecule has 1 amide bonds. The fourth-order valence-electron chi connectivity index (χ4n) is 2.49. The largest absolute Gasteiger partial charge is 0.469 e. The van der Waals surface area contributed by atoms with Gasteiger partial charge in [-0.15, -0.1) is 0 Å². The minimum Gasteiger partial charge on any atom is -0.469 e. The normalized spacial score (nSPS) is 17.8. The van der Waals surface area contributed by atoms with Crippen molar-refractivity contribution in [2.45, 2.75) is 45.4 Å². The van der Waals surface area contributed by atoms with Gasteiger partial charge in [-0.25, -0.2) is 0 Å². The first kappa shape index (κ1) is 14.0. The molecule has 0 aliphatic heterocycles. The van der Waals surface area contributed by atoms with E-state index in [0.717, 1.165) is 25.7 Å². The molecule has 0 radical (unpaired) electrons. The van der Waals surface area contributed by atoms with Gasteiger partial charge < -0.3 is 9.64 Å². The van der Waals surface area contributed by atoms with E-state index >= 15 is 0 Å². The van der Waals surface area contributed by atoms with Gasteiger partial charge in [-0.1, -0.05) is 19.8 Å². The second-order valence-corrected chi connectivity index (χ2v) is 5.17. The highest BCUT2D eigenvalue weighted by atomic mass is 16.5. The topological polar surface area (TPSA) is 46.6 Å². The Labute approximate surface area is 103 Å². The highest BCUT2D eigenvalue weighted by Crippen LogP contribution is 2.38. The Hall–Kier alpha value is -1.06. The first-order valence-corrected chi connectivity index (χ1v) is 6.32. The molecular weight excluding hydrogens is 218 g/mol. The van der Waals surface area contributed by atoms with Crippen LogP contribution in [0.1, 0.15) is 45.4 Å². The van der Waals surface area contributed by atoms with Crippen molar-refractivity contribution >= 4 is 11.9 Å². The van der Waals surface area contributed by atoms with Gasteiger partial charge >= 0.3 is 5.97 Å². The van der Waals surface area contributed by atoms with Crippen molar-refractivity contribution in [3.8, 4) is 0 Å². The van der Waals surface area contributed by atoms with E-state index in [4.69, 9.17) is 0 Å². The highest BCUT2D eigenvalue weighted by molar-refractivity contribution is 5.82. The smallest absolute Gasteiger partial charge is 0.305 e. The molecule has 1 aliphatic carbocycles. The zero-order valence-corrected chi connectivity index (χ0v) is 11.1. The Kier molecular flexibility index (Phi) is 4.97. The van der Waals surface area contributed by atoms with E-state index in [9.17, 15) is 9.59 Å². The maximum absolute atomic E-state index is 12.2. The average molecular weight is 241 g/mol. The first-order chi connectivity index (χ1) is 7.99. The summed E-state index contributed by atoms with van der Waals surface area (Å²) in [6.45, 7) is 2.68. The maximum Gasteiger partial charge on any atom is 0.305 e. The molecule has 0 N–H and O–H groups in total. The summed E-state index contributed by atoms with van der Waals surface area (Å²) in [7, 11) is 3.21. The number of amides is 1. The molecule has 0 aromatic rings. The van der Waals surface area contributed by atoms with Crippen LogP contribution in [0.15, 0.2) is 0 Å². The van der Waals surface area contributed by atoms with Crippen molar-refractivity contribution in [3.63, 3.8) is 0 Å². The number of hydrogen-bond donors (Lipinski definition) is 0. The third-order valence-electron chi connectivity index (χ3n) is 3.67. The summed E-state index contributed by atoms with van der Waals surface area (Å²) in [5.41, 5.74) is -0.167. The van der Waals surface area contributed by atoms with Crippen molar-refractivity contribution in [1.82, 2.24) is 4.90 Å². The summed E-state index contributed by atoms with van der Waals surface area (Å²) >= 11 is 0. The summed E-state index contributed by atoms with van der Waals surface area (Å²) in [4.78, 5) is 24.9. The molecule has 4 heteroatoms. The van der Waals surface area contributed by atoms with Crippen LogP contribution >= 0.6 is 0 Å². The van der Waals surface area contributed by atoms with E-state index in [1.165, 1.54) is 7.11 Å². The van der Waals surface area contributed by atoms with Crippen molar-refractivity contribution in [2.24, 2.45) is 5.41 Å².